The van der Waals surface area contributed by atoms with Crippen LogP contribution in [-0.4, -0.2) is 24.8 Å². The fourth-order valence-corrected chi connectivity index (χ4v) is 1.76. The van der Waals surface area contributed by atoms with Crippen LogP contribution in [0.5, 0.6) is 5.75 Å². The molecule has 1 aromatic carbocycles. The summed E-state index contributed by atoms with van der Waals surface area (Å²) in [5.41, 5.74) is 6.26. The van der Waals surface area contributed by atoms with Crippen molar-refractivity contribution in [1.82, 2.24) is 0 Å². The molecule has 0 saturated carbocycles. The van der Waals surface area contributed by atoms with E-state index in [0.29, 0.717) is 34.9 Å². The highest BCUT2D eigenvalue weighted by atomic mass is 35.5. The second-order valence-electron chi connectivity index (χ2n) is 4.65. The van der Waals surface area contributed by atoms with Gasteiger partial charge in [0.15, 0.2) is 0 Å². The van der Waals surface area contributed by atoms with Crippen LogP contribution in [0.25, 0.3) is 0 Å². The number of rotatable bonds is 8. The zero-order valence-electron chi connectivity index (χ0n) is 11.3. The van der Waals surface area contributed by atoms with Gasteiger partial charge >= 0.3 is 0 Å². The summed E-state index contributed by atoms with van der Waals surface area (Å²) >= 11 is 11.0. The van der Waals surface area contributed by atoms with Crippen molar-refractivity contribution in [1.29, 1.82) is 0 Å². The van der Waals surface area contributed by atoms with Crippen molar-refractivity contribution in [3.63, 3.8) is 0 Å². The van der Waals surface area contributed by atoms with Crippen LogP contribution in [0.3, 0.4) is 0 Å². The second-order valence-corrected chi connectivity index (χ2v) is 5.50. The van der Waals surface area contributed by atoms with Crippen molar-refractivity contribution < 1.29 is 9.47 Å². The maximum atomic E-state index is 6.07. The first kappa shape index (κ1) is 16.2. The molecule has 3 nitrogen and oxygen atoms in total. The van der Waals surface area contributed by atoms with Crippen molar-refractivity contribution in [3.05, 3.63) is 28.8 Å². The van der Waals surface area contributed by atoms with Crippen LogP contribution >= 0.6 is 23.8 Å². The number of benzene rings is 1. The summed E-state index contributed by atoms with van der Waals surface area (Å²) in [6.45, 7) is 6.13. The minimum absolute atomic E-state index is 0.325. The summed E-state index contributed by atoms with van der Waals surface area (Å²) in [7, 11) is 0. The van der Waals surface area contributed by atoms with E-state index in [2.05, 4.69) is 13.8 Å². The van der Waals surface area contributed by atoms with Gasteiger partial charge in [-0.1, -0.05) is 37.7 Å². The van der Waals surface area contributed by atoms with Gasteiger partial charge in [-0.25, -0.2) is 0 Å². The molecule has 1 rings (SSSR count). The minimum atomic E-state index is 0.325. The van der Waals surface area contributed by atoms with E-state index in [4.69, 9.17) is 39.0 Å². The normalized spacial score (nSPS) is 10.7. The quantitative estimate of drug-likeness (QED) is 0.590. The molecule has 0 spiro atoms. The van der Waals surface area contributed by atoms with E-state index in [9.17, 15) is 0 Å². The van der Waals surface area contributed by atoms with Gasteiger partial charge in [0, 0.05) is 12.2 Å². The van der Waals surface area contributed by atoms with Gasteiger partial charge < -0.3 is 15.2 Å². The van der Waals surface area contributed by atoms with E-state index >= 15 is 0 Å². The molecule has 0 atom stereocenters. The highest BCUT2D eigenvalue weighted by molar-refractivity contribution is 7.80. The number of ether oxygens (including phenoxy) is 2. The highest BCUT2D eigenvalue weighted by Crippen LogP contribution is 2.25. The van der Waals surface area contributed by atoms with Gasteiger partial charge in [-0.3, -0.25) is 0 Å². The molecule has 19 heavy (non-hydrogen) atoms. The van der Waals surface area contributed by atoms with Gasteiger partial charge in [-0.05, 0) is 30.5 Å². The Morgan fingerprint density at radius 2 is 2.05 bits per heavy atom. The zero-order valence-corrected chi connectivity index (χ0v) is 12.9. The van der Waals surface area contributed by atoms with E-state index in [1.807, 2.05) is 0 Å². The van der Waals surface area contributed by atoms with Gasteiger partial charge in [-0.15, -0.1) is 0 Å². The van der Waals surface area contributed by atoms with Crippen LogP contribution < -0.4 is 10.5 Å². The lowest BCUT2D eigenvalue weighted by Crippen LogP contribution is -2.10. The first-order valence-electron chi connectivity index (χ1n) is 6.30. The number of hydrogen-bond donors (Lipinski definition) is 1. The molecule has 0 heterocycles. The molecule has 5 heteroatoms. The summed E-state index contributed by atoms with van der Waals surface area (Å²) in [6.07, 6.45) is 1.06. The van der Waals surface area contributed by atoms with Gasteiger partial charge in [0.1, 0.15) is 17.3 Å². The molecule has 0 saturated heterocycles. The summed E-state index contributed by atoms with van der Waals surface area (Å²) < 4.78 is 11.0. The smallest absolute Gasteiger partial charge is 0.138 e. The largest absolute Gasteiger partial charge is 0.490 e. The minimum Gasteiger partial charge on any atom is -0.490 e. The molecular weight excluding hydrogens is 282 g/mol. The molecule has 0 aliphatic carbocycles. The third-order valence-corrected chi connectivity index (χ3v) is 3.07. The maximum absolute atomic E-state index is 6.07. The SMILES string of the molecule is CC(C)CCOCCOc1ccc(C(N)=S)cc1Cl. The molecule has 0 aromatic heterocycles. The van der Waals surface area contributed by atoms with Crippen LogP contribution in [0.15, 0.2) is 18.2 Å². The monoisotopic (exact) mass is 301 g/mol. The first-order valence-corrected chi connectivity index (χ1v) is 7.09. The fourth-order valence-electron chi connectivity index (χ4n) is 1.40. The Hall–Kier alpha value is -0.840. The third-order valence-electron chi connectivity index (χ3n) is 2.54. The predicted molar refractivity (Wildman–Crippen MR) is 83.1 cm³/mol. The van der Waals surface area contributed by atoms with Crippen molar-refractivity contribution in [3.8, 4) is 5.75 Å². The van der Waals surface area contributed by atoms with E-state index < -0.39 is 0 Å². The zero-order chi connectivity index (χ0) is 14.3. The molecule has 0 fully saturated rings. The molecule has 0 radical (unpaired) electrons. The van der Waals surface area contributed by atoms with E-state index in [1.54, 1.807) is 18.2 Å². The third kappa shape index (κ3) is 6.23. The van der Waals surface area contributed by atoms with Crippen molar-refractivity contribution in [2.45, 2.75) is 20.3 Å². The lowest BCUT2D eigenvalue weighted by atomic mass is 10.1. The number of halogens is 1. The predicted octanol–water partition coefficient (Wildman–Crippen LogP) is 3.42. The molecule has 106 valence electrons. The summed E-state index contributed by atoms with van der Waals surface area (Å²) in [4.78, 5) is 0.325. The van der Waals surface area contributed by atoms with Crippen LogP contribution in [0.1, 0.15) is 25.8 Å². The Bertz CT molecular complexity index is 424. The summed E-state index contributed by atoms with van der Waals surface area (Å²) in [6, 6.07) is 5.27. The molecule has 0 aliphatic rings. The number of thiocarbonyl (C=S) groups is 1. The van der Waals surface area contributed by atoms with Crippen molar-refractivity contribution >= 4 is 28.8 Å². The van der Waals surface area contributed by atoms with Crippen molar-refractivity contribution in [2.24, 2.45) is 11.7 Å². The van der Waals surface area contributed by atoms with E-state index in [-0.39, 0.29) is 0 Å². The molecule has 0 amide bonds. The summed E-state index contributed by atoms with van der Waals surface area (Å²) in [5.74, 6) is 1.28. The van der Waals surface area contributed by atoms with Crippen LogP contribution in [-0.2, 0) is 4.74 Å². The average molecular weight is 302 g/mol. The lowest BCUT2D eigenvalue weighted by Gasteiger charge is -2.10. The molecule has 0 bridgehead atoms. The second kappa shape index (κ2) is 8.35. The van der Waals surface area contributed by atoms with Crippen LogP contribution in [0, 0.1) is 5.92 Å². The Morgan fingerprint density at radius 3 is 2.63 bits per heavy atom. The summed E-state index contributed by atoms with van der Waals surface area (Å²) in [5, 5.41) is 0.507. The van der Waals surface area contributed by atoms with E-state index in [0.717, 1.165) is 18.6 Å². The molecular formula is C14H20ClNO2S. The fraction of sp³-hybridized carbons (Fsp3) is 0.500. The Labute approximate surface area is 125 Å². The maximum Gasteiger partial charge on any atom is 0.138 e. The van der Waals surface area contributed by atoms with Crippen LogP contribution in [0.2, 0.25) is 5.02 Å². The van der Waals surface area contributed by atoms with Gasteiger partial charge in [-0.2, -0.15) is 0 Å². The van der Waals surface area contributed by atoms with Gasteiger partial charge in [0.25, 0.3) is 0 Å². The molecule has 1 aromatic rings. The Balaban J connectivity index is 2.32. The highest BCUT2D eigenvalue weighted by Gasteiger charge is 2.04. The Kier molecular flexibility index (Phi) is 7.13. The standard InChI is InChI=1S/C14H20ClNO2S/c1-10(2)5-6-17-7-8-18-13-4-3-11(14(16)19)9-12(13)15/h3-4,9-10H,5-8H2,1-2H3,(H2,16,19). The number of nitrogens with two attached hydrogens (primary N) is 1. The topological polar surface area (TPSA) is 44.5 Å². The van der Waals surface area contributed by atoms with Crippen molar-refractivity contribution in [2.75, 3.05) is 19.8 Å². The molecule has 0 unspecified atom stereocenters. The number of hydrogen-bond acceptors (Lipinski definition) is 3. The molecule has 0 aliphatic heterocycles. The lowest BCUT2D eigenvalue weighted by molar-refractivity contribution is 0.0926. The Morgan fingerprint density at radius 1 is 1.32 bits per heavy atom. The van der Waals surface area contributed by atoms with Gasteiger partial charge in [0.2, 0.25) is 0 Å². The first-order chi connectivity index (χ1) is 9.00. The van der Waals surface area contributed by atoms with Crippen LogP contribution in [0.4, 0.5) is 0 Å². The van der Waals surface area contributed by atoms with E-state index in [1.165, 1.54) is 0 Å². The van der Waals surface area contributed by atoms with Gasteiger partial charge in [0.05, 0.1) is 11.6 Å². The molecule has 2 N–H and O–H groups in total. The average Bonchev–Trinajstić information content (AvgIpc) is 2.34.